The van der Waals surface area contributed by atoms with E-state index in [2.05, 4.69) is 21.4 Å². The molecule has 3 N–H and O–H groups in total. The monoisotopic (exact) mass is 420 g/mol. The minimum Gasteiger partial charge on any atom is -0.455 e. The standard InChI is InChI=1S/C23H21FN4O3/c1-14-20-18(26-27-22(29)16-10-5-6-11-17(16)24)12-7-13-19(20)31-21(14)23(30)28-25-15-8-3-2-4-9-15/h2-6,8-11,25H,7,12-13H2,1H3,(H,27,29)(H,28,30)/b26-18+. The summed E-state index contributed by atoms with van der Waals surface area (Å²) in [4.78, 5) is 24.9. The molecule has 0 atom stereocenters. The van der Waals surface area contributed by atoms with Crippen molar-refractivity contribution in [2.75, 3.05) is 5.43 Å². The van der Waals surface area contributed by atoms with Gasteiger partial charge in [-0.1, -0.05) is 30.3 Å². The van der Waals surface area contributed by atoms with Gasteiger partial charge in [0.2, 0.25) is 0 Å². The summed E-state index contributed by atoms with van der Waals surface area (Å²) in [6.07, 6.45) is 2.03. The highest BCUT2D eigenvalue weighted by atomic mass is 19.1. The number of rotatable bonds is 5. The van der Waals surface area contributed by atoms with E-state index >= 15 is 0 Å². The molecule has 1 aromatic heterocycles. The zero-order valence-electron chi connectivity index (χ0n) is 16.9. The molecule has 3 aromatic rings. The van der Waals surface area contributed by atoms with E-state index in [1.807, 2.05) is 30.3 Å². The van der Waals surface area contributed by atoms with Crippen molar-refractivity contribution in [3.63, 3.8) is 0 Å². The number of amides is 2. The van der Waals surface area contributed by atoms with Gasteiger partial charge in [-0.3, -0.25) is 20.4 Å². The first-order valence-electron chi connectivity index (χ1n) is 9.90. The molecular weight excluding hydrogens is 399 g/mol. The predicted molar refractivity (Wildman–Crippen MR) is 114 cm³/mol. The minimum absolute atomic E-state index is 0.0844. The second kappa shape index (κ2) is 8.83. The highest BCUT2D eigenvalue weighted by Crippen LogP contribution is 2.30. The van der Waals surface area contributed by atoms with E-state index in [0.29, 0.717) is 35.4 Å². The molecule has 2 amide bonds. The molecule has 1 aliphatic rings. The number of hydrazine groups is 1. The number of fused-ring (bicyclic) bond motifs is 1. The lowest BCUT2D eigenvalue weighted by Gasteiger charge is -2.13. The second-order valence-electron chi connectivity index (χ2n) is 7.13. The van der Waals surface area contributed by atoms with Crippen LogP contribution in [0, 0.1) is 12.7 Å². The molecule has 0 bridgehead atoms. The minimum atomic E-state index is -0.635. The largest absolute Gasteiger partial charge is 0.455 e. The van der Waals surface area contributed by atoms with Gasteiger partial charge >= 0.3 is 5.91 Å². The van der Waals surface area contributed by atoms with Gasteiger partial charge in [0.05, 0.1) is 17.0 Å². The first kappa shape index (κ1) is 20.3. The van der Waals surface area contributed by atoms with Crippen LogP contribution in [0.25, 0.3) is 0 Å². The Bertz CT molecular complexity index is 1150. The number of hydrogen-bond acceptors (Lipinski definition) is 5. The molecule has 1 aliphatic carbocycles. The van der Waals surface area contributed by atoms with Crippen molar-refractivity contribution in [3.05, 3.63) is 88.6 Å². The SMILES string of the molecule is Cc1c(C(=O)NNc2ccccc2)oc2c1/C(=N/NC(=O)c1ccccc1F)CCC2. The van der Waals surface area contributed by atoms with Gasteiger partial charge in [0, 0.05) is 17.5 Å². The van der Waals surface area contributed by atoms with Crippen LogP contribution in [0.3, 0.4) is 0 Å². The van der Waals surface area contributed by atoms with E-state index in [-0.39, 0.29) is 11.3 Å². The van der Waals surface area contributed by atoms with Gasteiger partial charge in [0.15, 0.2) is 5.76 Å². The number of hydrogen-bond donors (Lipinski definition) is 3. The highest BCUT2D eigenvalue weighted by Gasteiger charge is 2.28. The van der Waals surface area contributed by atoms with E-state index in [9.17, 15) is 14.0 Å². The summed E-state index contributed by atoms with van der Waals surface area (Å²) in [5.74, 6) is -0.834. The number of benzene rings is 2. The van der Waals surface area contributed by atoms with Crippen molar-refractivity contribution in [1.82, 2.24) is 10.9 Å². The molecule has 0 radical (unpaired) electrons. The van der Waals surface area contributed by atoms with Crippen molar-refractivity contribution >= 4 is 23.2 Å². The van der Waals surface area contributed by atoms with Crippen LogP contribution in [0.15, 0.2) is 64.1 Å². The van der Waals surface area contributed by atoms with E-state index in [1.54, 1.807) is 13.0 Å². The third-order valence-corrected chi connectivity index (χ3v) is 5.04. The Balaban J connectivity index is 1.52. The molecule has 2 aromatic carbocycles. The van der Waals surface area contributed by atoms with Crippen LogP contribution in [0.2, 0.25) is 0 Å². The Labute approximate surface area is 178 Å². The Hall–Kier alpha value is -3.94. The topological polar surface area (TPSA) is 95.7 Å². The van der Waals surface area contributed by atoms with Crippen molar-refractivity contribution in [1.29, 1.82) is 0 Å². The molecule has 0 unspecified atom stereocenters. The van der Waals surface area contributed by atoms with Crippen molar-refractivity contribution in [3.8, 4) is 0 Å². The molecule has 31 heavy (non-hydrogen) atoms. The molecule has 0 saturated carbocycles. The summed E-state index contributed by atoms with van der Waals surface area (Å²) in [6.45, 7) is 1.78. The van der Waals surface area contributed by atoms with Gasteiger partial charge in [-0.2, -0.15) is 5.10 Å². The average Bonchev–Trinajstić information content (AvgIpc) is 3.14. The van der Waals surface area contributed by atoms with Crippen molar-refractivity contribution in [2.24, 2.45) is 5.10 Å². The Morgan fingerprint density at radius 1 is 1.00 bits per heavy atom. The van der Waals surface area contributed by atoms with Gasteiger partial charge < -0.3 is 4.42 Å². The number of furan rings is 1. The molecule has 158 valence electrons. The summed E-state index contributed by atoms with van der Waals surface area (Å²) >= 11 is 0. The van der Waals surface area contributed by atoms with E-state index in [4.69, 9.17) is 4.42 Å². The molecule has 4 rings (SSSR count). The van der Waals surface area contributed by atoms with Gasteiger partial charge in [0.1, 0.15) is 11.6 Å². The lowest BCUT2D eigenvalue weighted by atomic mass is 9.93. The maximum absolute atomic E-state index is 13.8. The summed E-state index contributed by atoms with van der Waals surface area (Å²) in [6, 6.07) is 14.9. The smallest absolute Gasteiger partial charge is 0.305 e. The maximum atomic E-state index is 13.8. The van der Waals surface area contributed by atoms with Crippen LogP contribution in [0.5, 0.6) is 0 Å². The third-order valence-electron chi connectivity index (χ3n) is 5.04. The molecule has 0 aliphatic heterocycles. The van der Waals surface area contributed by atoms with Crippen LogP contribution in [0.1, 0.15) is 50.6 Å². The Morgan fingerprint density at radius 3 is 2.52 bits per heavy atom. The number of nitrogens with one attached hydrogen (secondary N) is 3. The molecule has 0 saturated heterocycles. The van der Waals surface area contributed by atoms with E-state index in [0.717, 1.165) is 12.1 Å². The lowest BCUT2D eigenvalue weighted by molar-refractivity contribution is 0.0930. The van der Waals surface area contributed by atoms with Crippen LogP contribution in [0.4, 0.5) is 10.1 Å². The van der Waals surface area contributed by atoms with Crippen molar-refractivity contribution < 1.29 is 18.4 Å². The summed E-state index contributed by atoms with van der Waals surface area (Å²) in [5, 5.41) is 4.21. The maximum Gasteiger partial charge on any atom is 0.305 e. The molecule has 1 heterocycles. The number of para-hydroxylation sites is 1. The van der Waals surface area contributed by atoms with Crippen LogP contribution in [-0.4, -0.2) is 17.5 Å². The fourth-order valence-corrected chi connectivity index (χ4v) is 3.53. The van der Waals surface area contributed by atoms with E-state index < -0.39 is 17.6 Å². The van der Waals surface area contributed by atoms with Crippen LogP contribution >= 0.6 is 0 Å². The third kappa shape index (κ3) is 4.32. The first-order valence-corrected chi connectivity index (χ1v) is 9.90. The number of hydrazone groups is 1. The normalized spacial score (nSPS) is 14.1. The summed E-state index contributed by atoms with van der Waals surface area (Å²) in [7, 11) is 0. The number of aryl methyl sites for hydroxylation is 1. The fourth-order valence-electron chi connectivity index (χ4n) is 3.53. The Morgan fingerprint density at radius 2 is 1.74 bits per heavy atom. The van der Waals surface area contributed by atoms with Crippen molar-refractivity contribution in [2.45, 2.75) is 26.2 Å². The Kier molecular flexibility index (Phi) is 5.79. The summed E-state index contributed by atoms with van der Waals surface area (Å²) < 4.78 is 19.6. The quantitative estimate of drug-likeness (QED) is 0.545. The number of nitrogens with zero attached hydrogens (tertiary/aromatic N) is 1. The highest BCUT2D eigenvalue weighted by molar-refractivity contribution is 6.07. The van der Waals surface area contributed by atoms with Gasteiger partial charge in [-0.15, -0.1) is 0 Å². The summed E-state index contributed by atoms with van der Waals surface area (Å²) in [5.41, 5.74) is 10.5. The fraction of sp³-hybridized carbons (Fsp3) is 0.174. The van der Waals surface area contributed by atoms with Gasteiger partial charge in [-0.25, -0.2) is 9.82 Å². The number of halogens is 1. The second-order valence-corrected chi connectivity index (χ2v) is 7.13. The van der Waals surface area contributed by atoms with Gasteiger partial charge in [0.25, 0.3) is 5.91 Å². The average molecular weight is 420 g/mol. The van der Waals surface area contributed by atoms with Gasteiger partial charge in [-0.05, 0) is 44.0 Å². The predicted octanol–water partition coefficient (Wildman–Crippen LogP) is 3.95. The molecule has 8 heteroatoms. The zero-order valence-corrected chi connectivity index (χ0v) is 16.9. The zero-order chi connectivity index (χ0) is 21.8. The first-order chi connectivity index (χ1) is 15.0. The van der Waals surface area contributed by atoms with Crippen LogP contribution < -0.4 is 16.3 Å². The molecule has 7 nitrogen and oxygen atoms in total. The lowest BCUT2D eigenvalue weighted by Crippen LogP contribution is -2.29. The molecule has 0 spiro atoms. The van der Waals surface area contributed by atoms with E-state index in [1.165, 1.54) is 18.2 Å². The number of anilines is 1. The molecule has 0 fully saturated rings. The number of carbonyl (C=O) groups is 2. The van der Waals surface area contributed by atoms with Crippen LogP contribution in [-0.2, 0) is 6.42 Å². The molecular formula is C23H21FN4O3. The number of carbonyl (C=O) groups excluding carboxylic acids is 2.